The van der Waals surface area contributed by atoms with E-state index in [1.54, 1.807) is 0 Å². The SMILES string of the molecule is N#CN=C1C(=C=O)N=CN1[C@@H]1O[C@H](CO)[C@@H](O)[C@H]1O. The first-order valence-corrected chi connectivity index (χ1v) is 5.31. The van der Waals surface area contributed by atoms with Gasteiger partial charge in [-0.1, -0.05) is 0 Å². The number of aliphatic hydroxyl groups excluding tert-OH is 3. The molecule has 1 fully saturated rings. The van der Waals surface area contributed by atoms with Crippen LogP contribution in [0.5, 0.6) is 0 Å². The normalized spacial score (nSPS) is 35.8. The summed E-state index contributed by atoms with van der Waals surface area (Å²) < 4.78 is 5.24. The Balaban J connectivity index is 2.29. The minimum Gasteiger partial charge on any atom is -0.394 e. The second-order valence-corrected chi connectivity index (χ2v) is 3.87. The van der Waals surface area contributed by atoms with Crippen LogP contribution in [0.1, 0.15) is 0 Å². The van der Waals surface area contributed by atoms with Gasteiger partial charge in [0.15, 0.2) is 23.7 Å². The molecular weight excluding hydrogens is 256 g/mol. The third-order valence-electron chi connectivity index (χ3n) is 2.81. The zero-order valence-corrected chi connectivity index (χ0v) is 9.54. The molecule has 1 saturated heterocycles. The van der Waals surface area contributed by atoms with Gasteiger partial charge in [-0.3, -0.25) is 4.90 Å². The Bertz CT molecular complexity index is 519. The van der Waals surface area contributed by atoms with E-state index in [2.05, 4.69) is 9.98 Å². The highest BCUT2D eigenvalue weighted by atomic mass is 16.6. The van der Waals surface area contributed by atoms with Crippen molar-refractivity contribution in [2.45, 2.75) is 24.5 Å². The van der Waals surface area contributed by atoms with Gasteiger partial charge in [0.1, 0.15) is 24.7 Å². The summed E-state index contributed by atoms with van der Waals surface area (Å²) >= 11 is 0. The van der Waals surface area contributed by atoms with Gasteiger partial charge in [0.05, 0.1) is 6.61 Å². The molecule has 0 aromatic heterocycles. The maximum Gasteiger partial charge on any atom is 0.207 e. The Morgan fingerprint density at radius 3 is 2.79 bits per heavy atom. The molecule has 100 valence electrons. The molecule has 0 unspecified atom stereocenters. The molecule has 9 nitrogen and oxygen atoms in total. The average molecular weight is 266 g/mol. The summed E-state index contributed by atoms with van der Waals surface area (Å²) in [6.07, 6.45) is -2.09. The Labute approximate surface area is 107 Å². The van der Waals surface area contributed by atoms with Gasteiger partial charge in [0.25, 0.3) is 0 Å². The van der Waals surface area contributed by atoms with Crippen LogP contribution < -0.4 is 0 Å². The summed E-state index contributed by atoms with van der Waals surface area (Å²) in [5.74, 6) is 1.37. The van der Waals surface area contributed by atoms with E-state index in [0.717, 1.165) is 11.2 Å². The van der Waals surface area contributed by atoms with Crippen LogP contribution in [0.4, 0.5) is 0 Å². The number of aliphatic hydroxyl groups is 3. The van der Waals surface area contributed by atoms with Gasteiger partial charge < -0.3 is 20.1 Å². The Kier molecular flexibility index (Phi) is 3.71. The number of amidine groups is 1. The average Bonchev–Trinajstić information content (AvgIpc) is 2.93. The Hall–Kier alpha value is -2.08. The number of nitrogens with zero attached hydrogens (tertiary/aromatic N) is 4. The Morgan fingerprint density at radius 2 is 2.26 bits per heavy atom. The molecule has 3 N–H and O–H groups in total. The molecule has 0 bridgehead atoms. The highest BCUT2D eigenvalue weighted by Crippen LogP contribution is 2.26. The standard InChI is InChI=1S/C10H10N4O5/c11-3-12-9-5(1-15)13-4-14(9)10-8(18)7(17)6(2-16)19-10/h4,6-8,10,16-18H,2H2/t6-,7-,8-,10-/m1/s1. The number of rotatable bonds is 2. The van der Waals surface area contributed by atoms with Crippen molar-refractivity contribution in [2.75, 3.05) is 6.61 Å². The van der Waals surface area contributed by atoms with Crippen molar-refractivity contribution < 1.29 is 24.9 Å². The minimum atomic E-state index is -1.35. The lowest BCUT2D eigenvalue weighted by Crippen LogP contribution is -2.45. The predicted molar refractivity (Wildman–Crippen MR) is 60.3 cm³/mol. The molecule has 9 heteroatoms. The van der Waals surface area contributed by atoms with Crippen molar-refractivity contribution in [1.82, 2.24) is 4.90 Å². The highest BCUT2D eigenvalue weighted by Gasteiger charge is 2.47. The molecule has 0 aliphatic carbocycles. The summed E-state index contributed by atoms with van der Waals surface area (Å²) in [4.78, 5) is 18.8. The van der Waals surface area contributed by atoms with Crippen LogP contribution >= 0.6 is 0 Å². The van der Waals surface area contributed by atoms with Gasteiger partial charge >= 0.3 is 0 Å². The third kappa shape index (κ3) is 2.15. The van der Waals surface area contributed by atoms with Crippen molar-refractivity contribution in [1.29, 1.82) is 5.26 Å². The van der Waals surface area contributed by atoms with Gasteiger partial charge in [-0.05, 0) is 0 Å². The smallest absolute Gasteiger partial charge is 0.207 e. The lowest BCUT2D eigenvalue weighted by Gasteiger charge is -2.24. The largest absolute Gasteiger partial charge is 0.394 e. The number of ether oxygens (including phenoxy) is 1. The van der Waals surface area contributed by atoms with E-state index in [0.29, 0.717) is 0 Å². The lowest BCUT2D eigenvalue weighted by atomic mass is 10.1. The van der Waals surface area contributed by atoms with E-state index >= 15 is 0 Å². The first kappa shape index (κ1) is 13.4. The molecule has 0 saturated carbocycles. The number of hydrogen-bond donors (Lipinski definition) is 3. The van der Waals surface area contributed by atoms with E-state index in [4.69, 9.17) is 15.1 Å². The van der Waals surface area contributed by atoms with Gasteiger partial charge in [0, 0.05) is 0 Å². The molecule has 0 aromatic carbocycles. The zero-order valence-electron chi connectivity index (χ0n) is 9.54. The molecular formula is C10H10N4O5. The fraction of sp³-hybridized carbons (Fsp3) is 0.500. The van der Waals surface area contributed by atoms with Crippen molar-refractivity contribution in [2.24, 2.45) is 9.98 Å². The lowest BCUT2D eigenvalue weighted by molar-refractivity contribution is -0.0506. The zero-order chi connectivity index (χ0) is 14.0. The van der Waals surface area contributed by atoms with Crippen LogP contribution in [0.3, 0.4) is 0 Å². The maximum atomic E-state index is 10.6. The molecule has 19 heavy (non-hydrogen) atoms. The summed E-state index contributed by atoms with van der Waals surface area (Å²) in [5.41, 5.74) is -0.209. The maximum absolute atomic E-state index is 10.6. The molecule has 0 amide bonds. The topological polar surface area (TPSA) is 139 Å². The summed E-state index contributed by atoms with van der Waals surface area (Å²) in [5, 5.41) is 37.0. The minimum absolute atomic E-state index is 0.132. The van der Waals surface area contributed by atoms with Gasteiger partial charge in [-0.2, -0.15) is 10.3 Å². The van der Waals surface area contributed by atoms with Crippen molar-refractivity contribution >= 4 is 18.1 Å². The van der Waals surface area contributed by atoms with Crippen LogP contribution in [0, 0.1) is 11.5 Å². The van der Waals surface area contributed by atoms with E-state index in [1.807, 2.05) is 0 Å². The van der Waals surface area contributed by atoms with E-state index in [1.165, 1.54) is 12.1 Å². The molecule has 2 aliphatic rings. The number of aliphatic imine (C=N–C) groups is 2. The predicted octanol–water partition coefficient (Wildman–Crippen LogP) is -2.64. The van der Waals surface area contributed by atoms with Crippen molar-refractivity contribution in [3.8, 4) is 6.19 Å². The fourth-order valence-corrected chi connectivity index (χ4v) is 1.88. The van der Waals surface area contributed by atoms with Crippen molar-refractivity contribution in [3.05, 3.63) is 5.70 Å². The molecule has 0 spiro atoms. The molecule has 4 atom stereocenters. The Morgan fingerprint density at radius 1 is 1.53 bits per heavy atom. The highest BCUT2D eigenvalue weighted by molar-refractivity contribution is 6.13. The summed E-state index contributed by atoms with van der Waals surface area (Å²) in [6.45, 7) is -0.485. The summed E-state index contributed by atoms with van der Waals surface area (Å²) in [6, 6.07) is 0. The third-order valence-corrected chi connectivity index (χ3v) is 2.81. The van der Waals surface area contributed by atoms with Crippen LogP contribution in [0.25, 0.3) is 0 Å². The monoisotopic (exact) mass is 266 g/mol. The number of nitriles is 1. The quantitative estimate of drug-likeness (QED) is 0.367. The van der Waals surface area contributed by atoms with Gasteiger partial charge in [0.2, 0.25) is 6.19 Å². The second kappa shape index (κ2) is 5.27. The molecule has 2 rings (SSSR count). The first-order valence-electron chi connectivity index (χ1n) is 5.31. The van der Waals surface area contributed by atoms with Crippen LogP contribution in [0.2, 0.25) is 0 Å². The molecule has 2 aliphatic heterocycles. The van der Waals surface area contributed by atoms with Crippen LogP contribution in [0.15, 0.2) is 15.7 Å². The molecule has 0 radical (unpaired) electrons. The van der Waals surface area contributed by atoms with Gasteiger partial charge in [-0.15, -0.1) is 0 Å². The van der Waals surface area contributed by atoms with Gasteiger partial charge in [-0.25, -0.2) is 9.79 Å². The number of hydrogen-bond acceptors (Lipinski definition) is 8. The molecule has 2 heterocycles. The second-order valence-electron chi connectivity index (χ2n) is 3.87. The first-order chi connectivity index (χ1) is 9.13. The van der Waals surface area contributed by atoms with E-state index < -0.39 is 31.1 Å². The number of carbonyl (C=O) groups excluding carboxylic acids is 1. The van der Waals surface area contributed by atoms with E-state index in [9.17, 15) is 15.0 Å². The molecule has 0 aromatic rings. The van der Waals surface area contributed by atoms with E-state index in [-0.39, 0.29) is 11.5 Å². The summed E-state index contributed by atoms with van der Waals surface area (Å²) in [7, 11) is 0. The van der Waals surface area contributed by atoms with Crippen LogP contribution in [-0.4, -0.2) is 69.5 Å². The van der Waals surface area contributed by atoms with Crippen LogP contribution in [-0.2, 0) is 9.53 Å². The fourth-order valence-electron chi connectivity index (χ4n) is 1.88. The van der Waals surface area contributed by atoms with Crippen molar-refractivity contribution in [3.63, 3.8) is 0 Å².